The molecule has 1 fully saturated rings. The number of benzene rings is 1. The minimum Gasteiger partial charge on any atom is -0.465 e. The van der Waals surface area contributed by atoms with Crippen molar-refractivity contribution in [3.8, 4) is 0 Å². The second-order valence-electron chi connectivity index (χ2n) is 4.24. The Morgan fingerprint density at radius 3 is 2.76 bits per heavy atom. The Balaban J connectivity index is 2.26. The van der Waals surface area contributed by atoms with E-state index in [1.807, 2.05) is 18.2 Å². The zero-order valence-corrected chi connectivity index (χ0v) is 11.5. The van der Waals surface area contributed by atoms with E-state index in [1.165, 1.54) is 20.0 Å². The van der Waals surface area contributed by atoms with Crippen LogP contribution >= 0.6 is 15.9 Å². The maximum atomic E-state index is 11.7. The molecule has 0 amide bonds. The molecule has 0 aliphatic carbocycles. The van der Waals surface area contributed by atoms with E-state index < -0.39 is 0 Å². The summed E-state index contributed by atoms with van der Waals surface area (Å²) >= 11 is 3.52. The van der Waals surface area contributed by atoms with Crippen molar-refractivity contribution >= 4 is 21.9 Å². The zero-order chi connectivity index (χ0) is 12.3. The first-order valence-corrected chi connectivity index (χ1v) is 6.59. The molecule has 0 bridgehead atoms. The Morgan fingerprint density at radius 1 is 1.41 bits per heavy atom. The van der Waals surface area contributed by atoms with Crippen molar-refractivity contribution < 1.29 is 9.53 Å². The van der Waals surface area contributed by atoms with Gasteiger partial charge in [-0.25, -0.2) is 4.79 Å². The molecule has 4 heteroatoms. The van der Waals surface area contributed by atoms with Crippen molar-refractivity contribution in [2.75, 3.05) is 20.2 Å². The van der Waals surface area contributed by atoms with Crippen LogP contribution in [0.25, 0.3) is 0 Å². The predicted octanol–water partition coefficient (Wildman–Crippen LogP) is 2.83. The number of halogens is 1. The summed E-state index contributed by atoms with van der Waals surface area (Å²) in [6.07, 6.45) is 2.50. The van der Waals surface area contributed by atoms with Crippen molar-refractivity contribution in [2.24, 2.45) is 0 Å². The Kier molecular flexibility index (Phi) is 4.18. The van der Waals surface area contributed by atoms with Gasteiger partial charge in [-0.1, -0.05) is 22.0 Å². The molecule has 92 valence electrons. The third kappa shape index (κ3) is 2.87. The summed E-state index contributed by atoms with van der Waals surface area (Å²) in [5.41, 5.74) is 1.69. The van der Waals surface area contributed by atoms with Gasteiger partial charge in [0.05, 0.1) is 12.7 Å². The third-order valence-corrected chi connectivity index (χ3v) is 3.85. The number of ether oxygens (including phenoxy) is 1. The van der Waals surface area contributed by atoms with E-state index in [2.05, 4.69) is 20.8 Å². The fourth-order valence-electron chi connectivity index (χ4n) is 2.18. The van der Waals surface area contributed by atoms with Gasteiger partial charge < -0.3 is 4.74 Å². The van der Waals surface area contributed by atoms with E-state index in [4.69, 9.17) is 4.74 Å². The Morgan fingerprint density at radius 2 is 2.12 bits per heavy atom. The van der Waals surface area contributed by atoms with E-state index in [0.29, 0.717) is 5.56 Å². The fourth-order valence-corrected chi connectivity index (χ4v) is 2.68. The molecule has 2 rings (SSSR count). The number of nitrogens with zero attached hydrogens (tertiary/aromatic N) is 1. The zero-order valence-electron chi connectivity index (χ0n) is 9.91. The lowest BCUT2D eigenvalue weighted by Crippen LogP contribution is -2.20. The third-order valence-electron chi connectivity index (χ3n) is 3.10. The molecule has 1 aliphatic heterocycles. The van der Waals surface area contributed by atoms with Crippen molar-refractivity contribution in [1.82, 2.24) is 4.90 Å². The van der Waals surface area contributed by atoms with Crippen molar-refractivity contribution in [3.05, 3.63) is 33.8 Å². The van der Waals surface area contributed by atoms with E-state index in [9.17, 15) is 4.79 Å². The van der Waals surface area contributed by atoms with Gasteiger partial charge in [0.15, 0.2) is 0 Å². The van der Waals surface area contributed by atoms with Crippen LogP contribution in [0.15, 0.2) is 22.7 Å². The van der Waals surface area contributed by atoms with Crippen molar-refractivity contribution in [3.63, 3.8) is 0 Å². The van der Waals surface area contributed by atoms with Gasteiger partial charge in [-0.15, -0.1) is 0 Å². The molecule has 1 aromatic rings. The number of carbonyl (C=O) groups excluding carboxylic acids is 1. The first-order chi connectivity index (χ1) is 8.22. The lowest BCUT2D eigenvalue weighted by atomic mass is 10.1. The fraction of sp³-hybridized carbons (Fsp3) is 0.462. The highest BCUT2D eigenvalue weighted by molar-refractivity contribution is 9.10. The normalized spacial score (nSPS) is 16.1. The summed E-state index contributed by atoms with van der Waals surface area (Å²) in [5.74, 6) is -0.263. The number of hydrogen-bond acceptors (Lipinski definition) is 3. The molecule has 1 heterocycles. The van der Waals surface area contributed by atoms with Crippen LogP contribution in [0.2, 0.25) is 0 Å². The summed E-state index contributed by atoms with van der Waals surface area (Å²) in [5, 5.41) is 0. The Labute approximate surface area is 110 Å². The molecule has 0 radical (unpaired) electrons. The smallest absolute Gasteiger partial charge is 0.338 e. The summed E-state index contributed by atoms with van der Waals surface area (Å²) < 4.78 is 5.80. The van der Waals surface area contributed by atoms with Crippen LogP contribution in [0.4, 0.5) is 0 Å². The molecule has 0 aromatic heterocycles. The largest absolute Gasteiger partial charge is 0.465 e. The highest BCUT2D eigenvalue weighted by Crippen LogP contribution is 2.24. The topological polar surface area (TPSA) is 29.5 Å². The van der Waals surface area contributed by atoms with Crippen LogP contribution in [-0.2, 0) is 11.3 Å². The second kappa shape index (κ2) is 5.65. The molecule has 0 saturated carbocycles. The summed E-state index contributed by atoms with van der Waals surface area (Å²) in [6, 6.07) is 5.66. The van der Waals surface area contributed by atoms with E-state index >= 15 is 0 Å². The molecule has 3 nitrogen and oxygen atoms in total. The lowest BCUT2D eigenvalue weighted by molar-refractivity contribution is 0.0598. The van der Waals surface area contributed by atoms with Crippen LogP contribution < -0.4 is 0 Å². The maximum absolute atomic E-state index is 11.7. The summed E-state index contributed by atoms with van der Waals surface area (Å²) in [6.45, 7) is 3.04. The molecule has 1 aromatic carbocycles. The molecule has 0 unspecified atom stereocenters. The number of rotatable bonds is 3. The number of hydrogen-bond donors (Lipinski definition) is 0. The average molecular weight is 298 g/mol. The predicted molar refractivity (Wildman–Crippen MR) is 70.0 cm³/mol. The van der Waals surface area contributed by atoms with Crippen LogP contribution in [0.3, 0.4) is 0 Å². The minimum atomic E-state index is -0.263. The molecule has 1 saturated heterocycles. The van der Waals surface area contributed by atoms with E-state index in [-0.39, 0.29) is 5.97 Å². The van der Waals surface area contributed by atoms with Crippen LogP contribution in [-0.4, -0.2) is 31.1 Å². The summed E-state index contributed by atoms with van der Waals surface area (Å²) in [4.78, 5) is 14.1. The first kappa shape index (κ1) is 12.6. The minimum absolute atomic E-state index is 0.263. The molecule has 0 atom stereocenters. The molecule has 0 N–H and O–H groups in total. The van der Waals surface area contributed by atoms with Crippen molar-refractivity contribution in [2.45, 2.75) is 19.4 Å². The standard InChI is InChI=1S/C13H16BrNO2/c1-17-13(16)10-5-4-6-12(14)11(10)9-15-7-2-3-8-15/h4-6H,2-3,7-9H2,1H3. The van der Waals surface area contributed by atoms with Crippen LogP contribution in [0.1, 0.15) is 28.8 Å². The molecular weight excluding hydrogens is 282 g/mol. The van der Waals surface area contributed by atoms with Gasteiger partial charge >= 0.3 is 5.97 Å². The first-order valence-electron chi connectivity index (χ1n) is 5.80. The maximum Gasteiger partial charge on any atom is 0.338 e. The number of likely N-dealkylation sites (tertiary alicyclic amines) is 1. The SMILES string of the molecule is COC(=O)c1cccc(Br)c1CN1CCCC1. The monoisotopic (exact) mass is 297 g/mol. The van der Waals surface area contributed by atoms with E-state index in [0.717, 1.165) is 29.7 Å². The van der Waals surface area contributed by atoms with Gasteiger partial charge in [-0.05, 0) is 43.6 Å². The number of methoxy groups -OCH3 is 1. The second-order valence-corrected chi connectivity index (χ2v) is 5.10. The Bertz CT molecular complexity index is 414. The van der Waals surface area contributed by atoms with Crippen molar-refractivity contribution in [1.29, 1.82) is 0 Å². The van der Waals surface area contributed by atoms with Gasteiger partial charge in [0, 0.05) is 11.0 Å². The van der Waals surface area contributed by atoms with Gasteiger partial charge in [0.25, 0.3) is 0 Å². The number of esters is 1. The van der Waals surface area contributed by atoms with Gasteiger partial charge in [-0.2, -0.15) is 0 Å². The van der Waals surface area contributed by atoms with E-state index in [1.54, 1.807) is 0 Å². The average Bonchev–Trinajstić information content (AvgIpc) is 2.83. The Hall–Kier alpha value is -0.870. The van der Waals surface area contributed by atoms with Gasteiger partial charge in [0.1, 0.15) is 0 Å². The highest BCUT2D eigenvalue weighted by Gasteiger charge is 2.18. The molecule has 0 spiro atoms. The van der Waals surface area contributed by atoms with Crippen LogP contribution in [0, 0.1) is 0 Å². The van der Waals surface area contributed by atoms with Crippen LogP contribution in [0.5, 0.6) is 0 Å². The summed E-state index contributed by atoms with van der Waals surface area (Å²) in [7, 11) is 1.42. The van der Waals surface area contributed by atoms with Gasteiger partial charge in [-0.3, -0.25) is 4.90 Å². The quantitative estimate of drug-likeness (QED) is 0.804. The highest BCUT2D eigenvalue weighted by atomic mass is 79.9. The lowest BCUT2D eigenvalue weighted by Gasteiger charge is -2.17. The number of carbonyl (C=O) groups is 1. The molecular formula is C13H16BrNO2. The molecule has 17 heavy (non-hydrogen) atoms. The molecule has 1 aliphatic rings. The van der Waals surface area contributed by atoms with Gasteiger partial charge in [0.2, 0.25) is 0 Å².